The second-order valence-electron chi connectivity index (χ2n) is 4.29. The van der Waals surface area contributed by atoms with Gasteiger partial charge in [0.15, 0.2) is 0 Å². The van der Waals surface area contributed by atoms with Crippen molar-refractivity contribution in [2.75, 3.05) is 0 Å². The largest absolute Gasteiger partial charge is 0.478 e. The van der Waals surface area contributed by atoms with Crippen LogP contribution in [0.15, 0.2) is 40.9 Å². The summed E-state index contributed by atoms with van der Waals surface area (Å²) in [5.74, 6) is -0.0241. The molecule has 0 radical (unpaired) electrons. The van der Waals surface area contributed by atoms with Crippen LogP contribution in [0.25, 0.3) is 0 Å². The first-order valence-electron chi connectivity index (χ1n) is 5.76. The normalized spacial score (nSPS) is 10.3. The average Bonchev–Trinajstić information content (AvgIpc) is 2.33. The third kappa shape index (κ3) is 2.96. The van der Waals surface area contributed by atoms with E-state index in [2.05, 4.69) is 15.9 Å². The molecule has 2 aromatic carbocycles. The number of aryl methyl sites for hydroxylation is 2. The van der Waals surface area contributed by atoms with Crippen molar-refractivity contribution < 1.29 is 14.6 Å². The maximum absolute atomic E-state index is 11.3. The zero-order chi connectivity index (χ0) is 14.0. The first-order chi connectivity index (χ1) is 8.99. The van der Waals surface area contributed by atoms with Crippen LogP contribution < -0.4 is 4.74 Å². The second-order valence-corrected chi connectivity index (χ2v) is 5.14. The zero-order valence-corrected chi connectivity index (χ0v) is 12.2. The quantitative estimate of drug-likeness (QED) is 0.902. The Labute approximate surface area is 120 Å². The van der Waals surface area contributed by atoms with Gasteiger partial charge in [-0.15, -0.1) is 0 Å². The topological polar surface area (TPSA) is 46.5 Å². The van der Waals surface area contributed by atoms with E-state index in [1.807, 2.05) is 32.0 Å². The van der Waals surface area contributed by atoms with E-state index in [4.69, 9.17) is 4.74 Å². The van der Waals surface area contributed by atoms with E-state index < -0.39 is 5.97 Å². The molecule has 0 amide bonds. The highest BCUT2D eigenvalue weighted by atomic mass is 79.9. The van der Waals surface area contributed by atoms with E-state index >= 15 is 0 Å². The Morgan fingerprint density at radius 3 is 2.58 bits per heavy atom. The Hall–Kier alpha value is -1.81. The Kier molecular flexibility index (Phi) is 3.90. The lowest BCUT2D eigenvalue weighted by Crippen LogP contribution is -2.01. The number of rotatable bonds is 3. The lowest BCUT2D eigenvalue weighted by atomic mass is 10.1. The molecule has 0 atom stereocenters. The summed E-state index contributed by atoms with van der Waals surface area (Å²) in [6, 6.07) is 10.9. The second kappa shape index (κ2) is 5.45. The highest BCUT2D eigenvalue weighted by Gasteiger charge is 2.16. The van der Waals surface area contributed by atoms with Crippen molar-refractivity contribution in [2.24, 2.45) is 0 Å². The van der Waals surface area contributed by atoms with Crippen LogP contribution in [0.5, 0.6) is 11.5 Å². The molecule has 0 heterocycles. The summed E-state index contributed by atoms with van der Waals surface area (Å²) >= 11 is 3.23. The molecule has 0 unspecified atom stereocenters. The van der Waals surface area contributed by atoms with Gasteiger partial charge in [-0.3, -0.25) is 0 Å². The number of carboxylic acid groups (broad SMARTS) is 1. The van der Waals surface area contributed by atoms with Gasteiger partial charge in [0.1, 0.15) is 17.1 Å². The van der Waals surface area contributed by atoms with Crippen molar-refractivity contribution >= 4 is 21.9 Å². The summed E-state index contributed by atoms with van der Waals surface area (Å²) < 4.78 is 6.26. The summed E-state index contributed by atoms with van der Waals surface area (Å²) in [5, 5.41) is 9.24. The minimum absolute atomic E-state index is 0.128. The molecule has 0 fully saturated rings. The number of hydrogen-bond acceptors (Lipinski definition) is 2. The Morgan fingerprint density at radius 1 is 1.16 bits per heavy atom. The molecule has 3 nitrogen and oxygen atoms in total. The fraction of sp³-hybridized carbons (Fsp3) is 0.133. The molecular weight excluding hydrogens is 308 g/mol. The minimum Gasteiger partial charge on any atom is -0.478 e. The van der Waals surface area contributed by atoms with Crippen LogP contribution in [-0.2, 0) is 0 Å². The summed E-state index contributed by atoms with van der Waals surface area (Å²) in [5.41, 5.74) is 2.15. The van der Waals surface area contributed by atoms with Crippen LogP contribution in [0.4, 0.5) is 0 Å². The van der Waals surface area contributed by atoms with Crippen LogP contribution >= 0.6 is 15.9 Å². The van der Waals surface area contributed by atoms with Gasteiger partial charge in [0, 0.05) is 4.47 Å². The molecule has 0 bridgehead atoms. The lowest BCUT2D eigenvalue weighted by Gasteiger charge is -2.12. The van der Waals surface area contributed by atoms with Crippen LogP contribution in [0, 0.1) is 13.8 Å². The van der Waals surface area contributed by atoms with Crippen molar-refractivity contribution in [1.82, 2.24) is 0 Å². The van der Waals surface area contributed by atoms with E-state index in [1.54, 1.807) is 18.2 Å². The molecule has 0 aliphatic carbocycles. The molecular formula is C15H13BrO3. The van der Waals surface area contributed by atoms with Crippen molar-refractivity contribution in [3.05, 3.63) is 57.6 Å². The molecule has 0 spiro atoms. The fourth-order valence-electron chi connectivity index (χ4n) is 1.73. The van der Waals surface area contributed by atoms with Crippen molar-refractivity contribution in [3.8, 4) is 11.5 Å². The summed E-state index contributed by atoms with van der Waals surface area (Å²) in [7, 11) is 0. The van der Waals surface area contributed by atoms with Gasteiger partial charge in [0.25, 0.3) is 0 Å². The van der Waals surface area contributed by atoms with E-state index in [9.17, 15) is 9.90 Å². The number of halogens is 1. The number of ether oxygens (including phenoxy) is 1. The van der Waals surface area contributed by atoms with Gasteiger partial charge in [-0.25, -0.2) is 4.79 Å². The zero-order valence-electron chi connectivity index (χ0n) is 10.6. The molecule has 0 aliphatic heterocycles. The standard InChI is InChI=1S/C15H13BrO3/c1-9-6-7-10(2)13(8-9)19-12-5-3-4-11(16)14(12)15(17)18/h3-8H,1-2H3,(H,17,18). The van der Waals surface area contributed by atoms with Gasteiger partial charge < -0.3 is 9.84 Å². The monoisotopic (exact) mass is 320 g/mol. The molecule has 98 valence electrons. The smallest absolute Gasteiger partial charge is 0.340 e. The number of carboxylic acids is 1. The molecule has 1 N–H and O–H groups in total. The van der Waals surface area contributed by atoms with E-state index in [0.717, 1.165) is 11.1 Å². The Balaban J connectivity index is 2.46. The van der Waals surface area contributed by atoms with E-state index in [-0.39, 0.29) is 5.56 Å². The van der Waals surface area contributed by atoms with Gasteiger partial charge in [0.2, 0.25) is 0 Å². The molecule has 4 heteroatoms. The fourth-order valence-corrected chi connectivity index (χ4v) is 2.25. The van der Waals surface area contributed by atoms with E-state index in [1.165, 1.54) is 0 Å². The molecule has 2 rings (SSSR count). The van der Waals surface area contributed by atoms with Crippen LogP contribution in [0.1, 0.15) is 21.5 Å². The van der Waals surface area contributed by atoms with Gasteiger partial charge in [-0.1, -0.05) is 18.2 Å². The first kappa shape index (κ1) is 13.6. The first-order valence-corrected chi connectivity index (χ1v) is 6.55. The number of benzene rings is 2. The molecule has 0 saturated heterocycles. The highest BCUT2D eigenvalue weighted by molar-refractivity contribution is 9.10. The van der Waals surface area contributed by atoms with Gasteiger partial charge >= 0.3 is 5.97 Å². The number of aromatic carboxylic acids is 1. The molecule has 0 aromatic heterocycles. The average molecular weight is 321 g/mol. The van der Waals surface area contributed by atoms with Crippen LogP contribution in [0.3, 0.4) is 0 Å². The predicted octanol–water partition coefficient (Wildman–Crippen LogP) is 4.56. The number of carbonyl (C=O) groups is 1. The van der Waals surface area contributed by atoms with E-state index in [0.29, 0.717) is 16.0 Å². The third-order valence-corrected chi connectivity index (χ3v) is 3.41. The minimum atomic E-state index is -1.02. The summed E-state index contributed by atoms with van der Waals surface area (Å²) in [6.07, 6.45) is 0. The van der Waals surface area contributed by atoms with Gasteiger partial charge in [0.05, 0.1) is 0 Å². The number of hydrogen-bond donors (Lipinski definition) is 1. The van der Waals surface area contributed by atoms with Crippen LogP contribution in [0.2, 0.25) is 0 Å². The predicted molar refractivity (Wildman–Crippen MR) is 77.1 cm³/mol. The maximum Gasteiger partial charge on any atom is 0.340 e. The molecule has 19 heavy (non-hydrogen) atoms. The van der Waals surface area contributed by atoms with Gasteiger partial charge in [-0.05, 0) is 59.1 Å². The van der Waals surface area contributed by atoms with Crippen molar-refractivity contribution in [3.63, 3.8) is 0 Å². The van der Waals surface area contributed by atoms with Crippen molar-refractivity contribution in [1.29, 1.82) is 0 Å². The summed E-state index contributed by atoms with van der Waals surface area (Å²) in [4.78, 5) is 11.3. The molecule has 0 saturated carbocycles. The lowest BCUT2D eigenvalue weighted by molar-refractivity contribution is 0.0693. The van der Waals surface area contributed by atoms with Crippen LogP contribution in [-0.4, -0.2) is 11.1 Å². The van der Waals surface area contributed by atoms with Gasteiger partial charge in [-0.2, -0.15) is 0 Å². The Morgan fingerprint density at radius 2 is 1.89 bits per heavy atom. The molecule has 2 aromatic rings. The third-order valence-electron chi connectivity index (χ3n) is 2.75. The van der Waals surface area contributed by atoms with Crippen molar-refractivity contribution in [2.45, 2.75) is 13.8 Å². The molecule has 0 aliphatic rings. The maximum atomic E-state index is 11.3. The Bertz CT molecular complexity index is 635. The summed E-state index contributed by atoms with van der Waals surface area (Å²) in [6.45, 7) is 3.89. The highest BCUT2D eigenvalue weighted by Crippen LogP contribution is 2.32. The SMILES string of the molecule is Cc1ccc(C)c(Oc2cccc(Br)c2C(=O)O)c1.